The summed E-state index contributed by atoms with van der Waals surface area (Å²) >= 11 is 0. The van der Waals surface area contributed by atoms with Crippen molar-refractivity contribution in [2.45, 2.75) is 19.4 Å². The first-order valence-corrected chi connectivity index (χ1v) is 8.24. The van der Waals surface area contributed by atoms with Crippen LogP contribution in [0.15, 0.2) is 40.9 Å². The summed E-state index contributed by atoms with van der Waals surface area (Å²) in [5.41, 5.74) is 1.44. The molecule has 1 fully saturated rings. The predicted octanol–water partition coefficient (Wildman–Crippen LogP) is 2.20. The first kappa shape index (κ1) is 16.7. The van der Waals surface area contributed by atoms with Crippen molar-refractivity contribution in [1.29, 1.82) is 0 Å². The molecule has 0 aliphatic carbocycles. The lowest BCUT2D eigenvalue weighted by molar-refractivity contribution is 0.0935. The lowest BCUT2D eigenvalue weighted by Crippen LogP contribution is -2.29. The Morgan fingerprint density at radius 3 is 3.00 bits per heavy atom. The molecule has 1 saturated heterocycles. The van der Waals surface area contributed by atoms with Crippen LogP contribution in [-0.2, 0) is 22.5 Å². The number of amides is 1. The maximum atomic E-state index is 12.0. The highest BCUT2D eigenvalue weighted by molar-refractivity contribution is 5.92. The summed E-state index contributed by atoms with van der Waals surface area (Å²) in [6.07, 6.45) is 1.58. The number of benzene rings is 1. The van der Waals surface area contributed by atoms with Crippen LogP contribution in [0.5, 0.6) is 0 Å². The van der Waals surface area contributed by atoms with Crippen LogP contribution in [0.2, 0.25) is 0 Å². The van der Waals surface area contributed by atoms with E-state index in [4.69, 9.17) is 14.0 Å². The average Bonchev–Trinajstić information content (AvgIpc) is 3.29. The van der Waals surface area contributed by atoms with Crippen molar-refractivity contribution in [3.05, 3.63) is 53.4 Å². The third-order valence-electron chi connectivity index (χ3n) is 3.97. The number of hydrogen-bond acceptors (Lipinski definition) is 5. The van der Waals surface area contributed by atoms with E-state index in [0.717, 1.165) is 18.6 Å². The lowest BCUT2D eigenvalue weighted by atomic mass is 10.1. The van der Waals surface area contributed by atoms with Crippen molar-refractivity contribution in [3.8, 4) is 0 Å². The smallest absolute Gasteiger partial charge is 0.273 e. The summed E-state index contributed by atoms with van der Waals surface area (Å²) < 4.78 is 16.1. The molecule has 2 aromatic rings. The summed E-state index contributed by atoms with van der Waals surface area (Å²) in [5.74, 6) is 0.839. The van der Waals surface area contributed by atoms with Gasteiger partial charge in [-0.05, 0) is 12.0 Å². The predicted molar refractivity (Wildman–Crippen MR) is 87.6 cm³/mol. The molecule has 1 aromatic heterocycles. The van der Waals surface area contributed by atoms with Crippen LogP contribution in [-0.4, -0.2) is 37.4 Å². The van der Waals surface area contributed by atoms with Crippen LogP contribution >= 0.6 is 0 Å². The van der Waals surface area contributed by atoms with Gasteiger partial charge in [0.2, 0.25) is 0 Å². The second-order valence-corrected chi connectivity index (χ2v) is 5.91. The number of ether oxygens (including phenoxy) is 2. The van der Waals surface area contributed by atoms with Gasteiger partial charge in [0.05, 0.1) is 19.8 Å². The van der Waals surface area contributed by atoms with Gasteiger partial charge in [-0.25, -0.2) is 0 Å². The molecule has 1 amide bonds. The SMILES string of the molecule is O=C(NCC1CCOC1)c1cc(CCOCc2ccccc2)on1. The average molecular weight is 330 g/mol. The Hall–Kier alpha value is -2.18. The molecule has 1 N–H and O–H groups in total. The van der Waals surface area contributed by atoms with E-state index in [0.29, 0.717) is 50.2 Å². The fourth-order valence-electron chi connectivity index (χ4n) is 2.55. The van der Waals surface area contributed by atoms with Crippen LogP contribution in [0.25, 0.3) is 0 Å². The minimum Gasteiger partial charge on any atom is -0.381 e. The van der Waals surface area contributed by atoms with E-state index in [9.17, 15) is 4.79 Å². The second-order valence-electron chi connectivity index (χ2n) is 5.91. The quantitative estimate of drug-likeness (QED) is 0.751. The molecule has 2 heterocycles. The second kappa shape index (κ2) is 8.61. The summed E-state index contributed by atoms with van der Waals surface area (Å²) in [7, 11) is 0. The highest BCUT2D eigenvalue weighted by Crippen LogP contribution is 2.11. The van der Waals surface area contributed by atoms with E-state index < -0.39 is 0 Å². The molecule has 1 aromatic carbocycles. The summed E-state index contributed by atoms with van der Waals surface area (Å²) in [6.45, 7) is 3.18. The van der Waals surface area contributed by atoms with Crippen LogP contribution in [0.4, 0.5) is 0 Å². The molecule has 1 aliphatic rings. The number of carbonyl (C=O) groups excluding carboxylic acids is 1. The van der Waals surface area contributed by atoms with Gasteiger partial charge in [-0.1, -0.05) is 35.5 Å². The zero-order valence-corrected chi connectivity index (χ0v) is 13.6. The van der Waals surface area contributed by atoms with Crippen LogP contribution in [0, 0.1) is 5.92 Å². The van der Waals surface area contributed by atoms with Crippen molar-refractivity contribution in [2.24, 2.45) is 5.92 Å². The molecule has 6 heteroatoms. The normalized spacial score (nSPS) is 17.1. The number of rotatable bonds is 8. The number of hydrogen-bond donors (Lipinski definition) is 1. The van der Waals surface area contributed by atoms with E-state index in [1.807, 2.05) is 30.3 Å². The molecule has 1 atom stereocenters. The van der Waals surface area contributed by atoms with Gasteiger partial charge in [-0.15, -0.1) is 0 Å². The Labute approximate surface area is 141 Å². The standard InChI is InChI=1S/C18H22N2O4/c21-18(19-11-15-6-8-22-13-15)17-10-16(24-20-17)7-9-23-12-14-4-2-1-3-5-14/h1-5,10,15H,6-9,11-13H2,(H,19,21). The molecule has 3 rings (SSSR count). The molecule has 0 radical (unpaired) electrons. The fraction of sp³-hybridized carbons (Fsp3) is 0.444. The van der Waals surface area contributed by atoms with Gasteiger partial charge in [0, 0.05) is 31.6 Å². The van der Waals surface area contributed by atoms with Crippen LogP contribution in [0.3, 0.4) is 0 Å². The van der Waals surface area contributed by atoms with Crippen LogP contribution in [0.1, 0.15) is 28.2 Å². The Morgan fingerprint density at radius 2 is 2.21 bits per heavy atom. The third kappa shape index (κ3) is 4.91. The molecule has 24 heavy (non-hydrogen) atoms. The van der Waals surface area contributed by atoms with Crippen molar-refractivity contribution < 1.29 is 18.8 Å². The number of aromatic nitrogens is 1. The fourth-order valence-corrected chi connectivity index (χ4v) is 2.55. The maximum absolute atomic E-state index is 12.0. The minimum atomic E-state index is -0.206. The van der Waals surface area contributed by atoms with E-state index in [1.54, 1.807) is 6.07 Å². The van der Waals surface area contributed by atoms with Gasteiger partial charge < -0.3 is 19.3 Å². The van der Waals surface area contributed by atoms with Crippen molar-refractivity contribution >= 4 is 5.91 Å². The Morgan fingerprint density at radius 1 is 1.33 bits per heavy atom. The summed E-state index contributed by atoms with van der Waals surface area (Å²) in [6, 6.07) is 11.7. The maximum Gasteiger partial charge on any atom is 0.273 e. The minimum absolute atomic E-state index is 0.206. The van der Waals surface area contributed by atoms with Gasteiger partial charge in [0.25, 0.3) is 5.91 Å². The Balaban J connectivity index is 1.37. The van der Waals surface area contributed by atoms with Gasteiger partial charge in [-0.3, -0.25) is 4.79 Å². The molecule has 6 nitrogen and oxygen atoms in total. The molecule has 128 valence electrons. The largest absolute Gasteiger partial charge is 0.381 e. The number of nitrogens with one attached hydrogen (secondary N) is 1. The van der Waals surface area contributed by atoms with Crippen molar-refractivity contribution in [2.75, 3.05) is 26.4 Å². The molecule has 0 spiro atoms. The van der Waals surface area contributed by atoms with Gasteiger partial charge in [0.15, 0.2) is 5.69 Å². The molecule has 1 aliphatic heterocycles. The molecule has 0 saturated carbocycles. The topological polar surface area (TPSA) is 73.6 Å². The first-order chi connectivity index (χ1) is 11.8. The monoisotopic (exact) mass is 330 g/mol. The zero-order chi connectivity index (χ0) is 16.6. The van der Waals surface area contributed by atoms with Crippen LogP contribution < -0.4 is 5.32 Å². The molecule has 0 bridgehead atoms. The van der Waals surface area contributed by atoms with Gasteiger partial charge in [0.1, 0.15) is 5.76 Å². The zero-order valence-electron chi connectivity index (χ0n) is 13.6. The number of carbonyl (C=O) groups is 1. The first-order valence-electron chi connectivity index (χ1n) is 8.24. The van der Waals surface area contributed by atoms with E-state index in [1.165, 1.54) is 0 Å². The van der Waals surface area contributed by atoms with Gasteiger partial charge >= 0.3 is 0 Å². The Bertz CT molecular complexity index is 635. The van der Waals surface area contributed by atoms with E-state index in [-0.39, 0.29) is 5.91 Å². The van der Waals surface area contributed by atoms with Crippen molar-refractivity contribution in [3.63, 3.8) is 0 Å². The molecular formula is C18H22N2O4. The van der Waals surface area contributed by atoms with Crippen molar-refractivity contribution in [1.82, 2.24) is 10.5 Å². The number of nitrogens with zero attached hydrogens (tertiary/aromatic N) is 1. The molecule has 1 unspecified atom stereocenters. The Kier molecular flexibility index (Phi) is 5.98. The van der Waals surface area contributed by atoms with E-state index >= 15 is 0 Å². The third-order valence-corrected chi connectivity index (χ3v) is 3.97. The summed E-state index contributed by atoms with van der Waals surface area (Å²) in [4.78, 5) is 12.0. The lowest BCUT2D eigenvalue weighted by Gasteiger charge is -2.07. The summed E-state index contributed by atoms with van der Waals surface area (Å²) in [5, 5.41) is 6.69. The highest BCUT2D eigenvalue weighted by Gasteiger charge is 2.18. The van der Waals surface area contributed by atoms with E-state index in [2.05, 4.69) is 10.5 Å². The highest BCUT2D eigenvalue weighted by atomic mass is 16.5. The van der Waals surface area contributed by atoms with Gasteiger partial charge in [-0.2, -0.15) is 0 Å². The molecular weight excluding hydrogens is 308 g/mol.